The lowest BCUT2D eigenvalue weighted by Gasteiger charge is -2.04. The second-order valence-electron chi connectivity index (χ2n) is 4.02. The third kappa shape index (κ3) is 13.8. The molecule has 0 aliphatic carbocycles. The molecule has 0 rings (SSSR count). The molecular formula is C11H28N4. The molecule has 15 heavy (non-hydrogen) atoms. The van der Waals surface area contributed by atoms with Crippen LogP contribution in [0.5, 0.6) is 0 Å². The molecule has 92 valence electrons. The first-order valence-electron chi connectivity index (χ1n) is 6.35. The van der Waals surface area contributed by atoms with Crippen molar-refractivity contribution < 1.29 is 0 Å². The van der Waals surface area contributed by atoms with Crippen LogP contribution < -0.4 is 22.3 Å². The summed E-state index contributed by atoms with van der Waals surface area (Å²) in [7, 11) is 0. The van der Waals surface area contributed by atoms with Crippen LogP contribution in [0.3, 0.4) is 0 Å². The average molecular weight is 216 g/mol. The van der Waals surface area contributed by atoms with Gasteiger partial charge in [0.25, 0.3) is 0 Å². The molecule has 0 aliphatic rings. The van der Waals surface area contributed by atoms with Crippen molar-refractivity contribution >= 4 is 0 Å². The highest BCUT2D eigenvalue weighted by Gasteiger charge is 1.91. The van der Waals surface area contributed by atoms with Gasteiger partial charge in [0.15, 0.2) is 0 Å². The van der Waals surface area contributed by atoms with Gasteiger partial charge >= 0.3 is 0 Å². The van der Waals surface area contributed by atoms with Gasteiger partial charge in [0, 0.05) is 6.54 Å². The zero-order chi connectivity index (χ0) is 11.2. The van der Waals surface area contributed by atoms with E-state index in [1.54, 1.807) is 0 Å². The number of hydrogen-bond acceptors (Lipinski definition) is 4. The Bertz CT molecular complexity index is 96.8. The van der Waals surface area contributed by atoms with Crippen LogP contribution in [0.1, 0.15) is 64.7 Å². The van der Waals surface area contributed by atoms with Gasteiger partial charge in [-0.3, -0.25) is 5.84 Å². The molecule has 0 saturated heterocycles. The third-order valence-corrected chi connectivity index (χ3v) is 2.57. The predicted molar refractivity (Wildman–Crippen MR) is 65.7 cm³/mol. The minimum Gasteiger partial charge on any atom is -0.257 e. The molecule has 0 radical (unpaired) electrons. The Balaban J connectivity index is 2.81. The van der Waals surface area contributed by atoms with Gasteiger partial charge in [-0.05, 0) is 6.42 Å². The van der Waals surface area contributed by atoms with E-state index in [1.807, 2.05) is 0 Å². The maximum absolute atomic E-state index is 5.03. The molecule has 0 saturated carbocycles. The number of nitrogens with one attached hydrogen (secondary N) is 3. The minimum atomic E-state index is 0.972. The number of hydrazine groups is 3. The van der Waals surface area contributed by atoms with Crippen molar-refractivity contribution in [2.24, 2.45) is 5.84 Å². The first-order chi connectivity index (χ1) is 7.41. The summed E-state index contributed by atoms with van der Waals surface area (Å²) in [5.74, 6) is 5.03. The summed E-state index contributed by atoms with van der Waals surface area (Å²) in [6, 6.07) is 0. The van der Waals surface area contributed by atoms with Crippen molar-refractivity contribution in [3.63, 3.8) is 0 Å². The van der Waals surface area contributed by atoms with Gasteiger partial charge in [-0.2, -0.15) is 11.1 Å². The average Bonchev–Trinajstić information content (AvgIpc) is 2.26. The molecule has 0 unspecified atom stereocenters. The van der Waals surface area contributed by atoms with E-state index in [0.717, 1.165) is 6.54 Å². The fourth-order valence-corrected chi connectivity index (χ4v) is 1.64. The SMILES string of the molecule is CCCCCCCCCCCNNNN. The van der Waals surface area contributed by atoms with Crippen LogP contribution in [0.15, 0.2) is 0 Å². The fourth-order valence-electron chi connectivity index (χ4n) is 1.64. The number of rotatable bonds is 12. The lowest BCUT2D eigenvalue weighted by Crippen LogP contribution is -2.47. The Morgan fingerprint density at radius 3 is 1.87 bits per heavy atom. The number of unbranched alkanes of at least 4 members (excludes halogenated alkanes) is 8. The van der Waals surface area contributed by atoms with Crippen LogP contribution in [0.25, 0.3) is 0 Å². The minimum absolute atomic E-state index is 0.972. The monoisotopic (exact) mass is 216 g/mol. The molecule has 5 N–H and O–H groups in total. The lowest BCUT2D eigenvalue weighted by atomic mass is 10.1. The van der Waals surface area contributed by atoms with Gasteiger partial charge in [0.2, 0.25) is 0 Å². The van der Waals surface area contributed by atoms with E-state index in [-0.39, 0.29) is 0 Å². The number of nitrogens with two attached hydrogens (primary N) is 1. The van der Waals surface area contributed by atoms with E-state index >= 15 is 0 Å². The van der Waals surface area contributed by atoms with Crippen LogP contribution in [-0.4, -0.2) is 6.54 Å². The normalized spacial score (nSPS) is 10.8. The molecule has 0 aliphatic heterocycles. The smallest absolute Gasteiger partial charge is 0.0113 e. The molecule has 0 amide bonds. The second kappa shape index (κ2) is 13.8. The van der Waals surface area contributed by atoms with E-state index in [4.69, 9.17) is 5.84 Å². The van der Waals surface area contributed by atoms with Gasteiger partial charge in [0.1, 0.15) is 0 Å². The highest BCUT2D eigenvalue weighted by molar-refractivity contribution is 4.47. The summed E-state index contributed by atoms with van der Waals surface area (Å²) in [5.41, 5.74) is 7.96. The molecule has 0 fully saturated rings. The Hall–Kier alpha value is -0.160. The van der Waals surface area contributed by atoms with Gasteiger partial charge in [-0.15, -0.1) is 0 Å². The number of hydrogen-bond donors (Lipinski definition) is 4. The molecule has 0 aromatic heterocycles. The molecule has 0 atom stereocenters. The molecule has 0 bridgehead atoms. The maximum atomic E-state index is 5.03. The molecule has 4 heteroatoms. The van der Waals surface area contributed by atoms with Crippen molar-refractivity contribution in [2.45, 2.75) is 64.7 Å². The van der Waals surface area contributed by atoms with Crippen molar-refractivity contribution in [1.29, 1.82) is 0 Å². The van der Waals surface area contributed by atoms with Crippen molar-refractivity contribution in [3.8, 4) is 0 Å². The van der Waals surface area contributed by atoms with Gasteiger partial charge < -0.3 is 0 Å². The molecule has 0 aromatic rings. The van der Waals surface area contributed by atoms with Crippen LogP contribution in [-0.2, 0) is 0 Å². The van der Waals surface area contributed by atoms with Crippen molar-refractivity contribution in [2.75, 3.05) is 6.54 Å². The second-order valence-corrected chi connectivity index (χ2v) is 4.02. The Kier molecular flexibility index (Phi) is 13.7. The summed E-state index contributed by atoms with van der Waals surface area (Å²) in [6.07, 6.45) is 12.3. The Morgan fingerprint density at radius 2 is 1.33 bits per heavy atom. The van der Waals surface area contributed by atoms with E-state index in [0.29, 0.717) is 0 Å². The zero-order valence-electron chi connectivity index (χ0n) is 10.1. The molecule has 0 spiro atoms. The molecule has 0 heterocycles. The van der Waals surface area contributed by atoms with E-state index < -0.39 is 0 Å². The van der Waals surface area contributed by atoms with Gasteiger partial charge in [0.05, 0.1) is 0 Å². The fraction of sp³-hybridized carbons (Fsp3) is 1.00. The lowest BCUT2D eigenvalue weighted by molar-refractivity contribution is 0.431. The Labute approximate surface area is 94.3 Å². The largest absolute Gasteiger partial charge is 0.257 e. The summed E-state index contributed by atoms with van der Waals surface area (Å²) in [6.45, 7) is 3.23. The van der Waals surface area contributed by atoms with Crippen LogP contribution in [0.2, 0.25) is 0 Å². The third-order valence-electron chi connectivity index (χ3n) is 2.57. The maximum Gasteiger partial charge on any atom is 0.0113 e. The molecule has 0 aromatic carbocycles. The van der Waals surface area contributed by atoms with Gasteiger partial charge in [-0.1, -0.05) is 58.3 Å². The van der Waals surface area contributed by atoms with Crippen LogP contribution in [0, 0.1) is 0 Å². The summed E-state index contributed by atoms with van der Waals surface area (Å²) in [5, 5.41) is 0. The highest BCUT2D eigenvalue weighted by atomic mass is 15.7. The molecule has 4 nitrogen and oxygen atoms in total. The predicted octanol–water partition coefficient (Wildman–Crippen LogP) is 1.99. The van der Waals surface area contributed by atoms with Crippen LogP contribution >= 0.6 is 0 Å². The summed E-state index contributed by atoms with van der Waals surface area (Å²) >= 11 is 0. The first kappa shape index (κ1) is 14.8. The van der Waals surface area contributed by atoms with E-state index in [2.05, 4.69) is 23.4 Å². The van der Waals surface area contributed by atoms with Gasteiger partial charge in [-0.25, -0.2) is 5.43 Å². The quantitative estimate of drug-likeness (QED) is 0.229. The first-order valence-corrected chi connectivity index (χ1v) is 6.35. The van der Waals surface area contributed by atoms with Crippen LogP contribution in [0.4, 0.5) is 0 Å². The van der Waals surface area contributed by atoms with Crippen molar-refractivity contribution in [3.05, 3.63) is 0 Å². The topological polar surface area (TPSA) is 62.1 Å². The van der Waals surface area contributed by atoms with Crippen molar-refractivity contribution in [1.82, 2.24) is 16.5 Å². The molecular weight excluding hydrogens is 188 g/mol. The van der Waals surface area contributed by atoms with E-state index in [1.165, 1.54) is 57.8 Å². The highest BCUT2D eigenvalue weighted by Crippen LogP contribution is 2.08. The summed E-state index contributed by atoms with van der Waals surface area (Å²) in [4.78, 5) is 0. The van der Waals surface area contributed by atoms with E-state index in [9.17, 15) is 0 Å². The summed E-state index contributed by atoms with van der Waals surface area (Å²) < 4.78 is 0. The zero-order valence-corrected chi connectivity index (χ0v) is 10.1. The Morgan fingerprint density at radius 1 is 0.800 bits per heavy atom. The standard InChI is InChI=1S/C11H28N4/c1-2-3-4-5-6-7-8-9-10-11-13-15-14-12/h13-15H,2-12H2,1H3.